The van der Waals surface area contributed by atoms with Crippen molar-refractivity contribution in [2.24, 2.45) is 0 Å². The molecule has 4 nitrogen and oxygen atoms in total. The molecule has 6 heteroatoms. The quantitative estimate of drug-likeness (QED) is 0.703. The van der Waals surface area contributed by atoms with E-state index in [1.807, 2.05) is 0 Å². The average Bonchev–Trinajstić information content (AvgIpc) is 2.32. The van der Waals surface area contributed by atoms with Crippen LogP contribution in [0.15, 0.2) is 23.1 Å². The highest BCUT2D eigenvalue weighted by molar-refractivity contribution is 7.80. The number of benzene rings is 1. The van der Waals surface area contributed by atoms with Gasteiger partial charge in [-0.3, -0.25) is 9.59 Å². The molecule has 0 saturated carbocycles. The molecule has 0 aromatic heterocycles. The Bertz CT molecular complexity index is 437. The van der Waals surface area contributed by atoms with Crippen LogP contribution in [0.2, 0.25) is 0 Å². The second-order valence-corrected chi connectivity index (χ2v) is 3.83. The van der Waals surface area contributed by atoms with Crippen LogP contribution in [0.4, 0.5) is 4.39 Å². The molecule has 0 radical (unpaired) electrons. The molecule has 0 unspecified atom stereocenters. The number of hydrogen-bond donors (Lipinski definition) is 3. The molecule has 0 spiro atoms. The van der Waals surface area contributed by atoms with Crippen LogP contribution in [0, 0.1) is 5.82 Å². The van der Waals surface area contributed by atoms with Gasteiger partial charge in [-0.2, -0.15) is 0 Å². The molecule has 0 heterocycles. The Kier molecular flexibility index (Phi) is 4.96. The van der Waals surface area contributed by atoms with Crippen LogP contribution in [0.3, 0.4) is 0 Å². The van der Waals surface area contributed by atoms with Gasteiger partial charge < -0.3 is 10.6 Å². The first-order chi connectivity index (χ1) is 8.04. The van der Waals surface area contributed by atoms with Gasteiger partial charge in [0.1, 0.15) is 5.82 Å². The van der Waals surface area contributed by atoms with Gasteiger partial charge in [0.2, 0.25) is 5.91 Å². The van der Waals surface area contributed by atoms with Gasteiger partial charge in [-0.25, -0.2) is 4.39 Å². The van der Waals surface area contributed by atoms with E-state index in [1.165, 1.54) is 25.2 Å². The second kappa shape index (κ2) is 6.24. The van der Waals surface area contributed by atoms with E-state index in [0.29, 0.717) is 5.56 Å². The molecule has 0 saturated heterocycles. The third-order valence-corrected chi connectivity index (χ3v) is 2.47. The third kappa shape index (κ3) is 4.07. The standard InChI is InChI=1S/C11H13FN2O2S/c1-13-10(15)4-5-14-11(16)7-2-3-8(12)9(17)6-7/h2-3,6,17H,4-5H2,1H3,(H,13,15)(H,14,16). The summed E-state index contributed by atoms with van der Waals surface area (Å²) in [6, 6.07) is 3.88. The molecule has 1 aromatic carbocycles. The summed E-state index contributed by atoms with van der Waals surface area (Å²) in [4.78, 5) is 22.6. The van der Waals surface area contributed by atoms with Crippen molar-refractivity contribution in [3.05, 3.63) is 29.6 Å². The van der Waals surface area contributed by atoms with Gasteiger partial charge in [0.05, 0.1) is 0 Å². The lowest BCUT2D eigenvalue weighted by atomic mass is 10.2. The van der Waals surface area contributed by atoms with Crippen LogP contribution >= 0.6 is 12.6 Å². The Labute approximate surface area is 104 Å². The fourth-order valence-electron chi connectivity index (χ4n) is 1.17. The largest absolute Gasteiger partial charge is 0.359 e. The van der Waals surface area contributed by atoms with E-state index in [1.54, 1.807) is 0 Å². The summed E-state index contributed by atoms with van der Waals surface area (Å²) in [5.74, 6) is -0.987. The first kappa shape index (κ1) is 13.5. The van der Waals surface area contributed by atoms with Gasteiger partial charge in [-0.05, 0) is 18.2 Å². The van der Waals surface area contributed by atoms with Crippen molar-refractivity contribution in [3.63, 3.8) is 0 Å². The van der Waals surface area contributed by atoms with Crippen molar-refractivity contribution in [2.75, 3.05) is 13.6 Å². The summed E-state index contributed by atoms with van der Waals surface area (Å²) in [6.45, 7) is 0.234. The Hall–Kier alpha value is -1.56. The van der Waals surface area contributed by atoms with Crippen LogP contribution < -0.4 is 10.6 Å². The molecule has 2 amide bonds. The molecule has 0 bridgehead atoms. The molecule has 0 atom stereocenters. The van der Waals surface area contributed by atoms with Gasteiger partial charge in [0.15, 0.2) is 0 Å². The van der Waals surface area contributed by atoms with E-state index >= 15 is 0 Å². The Morgan fingerprint density at radius 2 is 2.12 bits per heavy atom. The van der Waals surface area contributed by atoms with Crippen LogP contribution in [0.1, 0.15) is 16.8 Å². The Morgan fingerprint density at radius 1 is 1.41 bits per heavy atom. The number of amides is 2. The topological polar surface area (TPSA) is 58.2 Å². The maximum atomic E-state index is 12.9. The molecular weight excluding hydrogens is 243 g/mol. The van der Waals surface area contributed by atoms with Gasteiger partial charge in [0, 0.05) is 30.5 Å². The Balaban J connectivity index is 2.52. The highest BCUT2D eigenvalue weighted by Gasteiger charge is 2.08. The number of hydrogen-bond acceptors (Lipinski definition) is 3. The van der Waals surface area contributed by atoms with E-state index in [2.05, 4.69) is 23.3 Å². The smallest absolute Gasteiger partial charge is 0.251 e. The average molecular weight is 256 g/mol. The number of nitrogens with one attached hydrogen (secondary N) is 2. The zero-order valence-corrected chi connectivity index (χ0v) is 10.2. The molecule has 17 heavy (non-hydrogen) atoms. The zero-order chi connectivity index (χ0) is 12.8. The van der Waals surface area contributed by atoms with Crippen molar-refractivity contribution in [1.82, 2.24) is 10.6 Å². The SMILES string of the molecule is CNC(=O)CCNC(=O)c1ccc(F)c(S)c1. The number of thiol groups is 1. The molecule has 1 aromatic rings. The van der Waals surface area contributed by atoms with Crippen molar-refractivity contribution in [1.29, 1.82) is 0 Å². The van der Waals surface area contributed by atoms with E-state index in [-0.39, 0.29) is 29.7 Å². The highest BCUT2D eigenvalue weighted by atomic mass is 32.1. The van der Waals surface area contributed by atoms with E-state index in [4.69, 9.17) is 0 Å². The van der Waals surface area contributed by atoms with Crippen molar-refractivity contribution in [3.8, 4) is 0 Å². The normalized spacial score (nSPS) is 9.82. The predicted octanol–water partition coefficient (Wildman–Crippen LogP) is 0.980. The maximum absolute atomic E-state index is 12.9. The maximum Gasteiger partial charge on any atom is 0.251 e. The minimum Gasteiger partial charge on any atom is -0.359 e. The summed E-state index contributed by atoms with van der Waals surface area (Å²) in [5, 5.41) is 5.00. The first-order valence-electron chi connectivity index (χ1n) is 5.02. The number of halogens is 1. The summed E-state index contributed by atoms with van der Waals surface area (Å²) in [7, 11) is 1.53. The van der Waals surface area contributed by atoms with E-state index in [9.17, 15) is 14.0 Å². The number of rotatable bonds is 4. The molecular formula is C11H13FN2O2S. The molecule has 1 rings (SSSR count). The molecule has 92 valence electrons. The first-order valence-corrected chi connectivity index (χ1v) is 5.46. The lowest BCUT2D eigenvalue weighted by Crippen LogP contribution is -2.29. The third-order valence-electron chi connectivity index (χ3n) is 2.12. The van der Waals surface area contributed by atoms with Crippen molar-refractivity contribution >= 4 is 24.4 Å². The van der Waals surface area contributed by atoms with Crippen LogP contribution in [-0.4, -0.2) is 25.4 Å². The molecule has 0 aliphatic rings. The Morgan fingerprint density at radius 3 is 2.71 bits per heavy atom. The second-order valence-electron chi connectivity index (χ2n) is 3.35. The minimum atomic E-state index is -0.477. The predicted molar refractivity (Wildman–Crippen MR) is 64.7 cm³/mol. The van der Waals surface area contributed by atoms with E-state index < -0.39 is 5.82 Å². The summed E-state index contributed by atoms with van der Waals surface area (Å²) in [6.07, 6.45) is 0.206. The van der Waals surface area contributed by atoms with Crippen LogP contribution in [0.25, 0.3) is 0 Å². The number of carbonyl (C=O) groups excluding carboxylic acids is 2. The zero-order valence-electron chi connectivity index (χ0n) is 9.29. The highest BCUT2D eigenvalue weighted by Crippen LogP contribution is 2.13. The molecule has 2 N–H and O–H groups in total. The monoisotopic (exact) mass is 256 g/mol. The van der Waals surface area contributed by atoms with E-state index in [0.717, 1.165) is 0 Å². The van der Waals surface area contributed by atoms with Crippen LogP contribution in [-0.2, 0) is 4.79 Å². The van der Waals surface area contributed by atoms with Gasteiger partial charge in [0.25, 0.3) is 5.91 Å². The van der Waals surface area contributed by atoms with Crippen molar-refractivity contribution in [2.45, 2.75) is 11.3 Å². The summed E-state index contributed by atoms with van der Waals surface area (Å²) < 4.78 is 12.9. The molecule has 0 aliphatic heterocycles. The minimum absolute atomic E-state index is 0.115. The fraction of sp³-hybridized carbons (Fsp3) is 0.273. The van der Waals surface area contributed by atoms with Gasteiger partial charge >= 0.3 is 0 Å². The van der Waals surface area contributed by atoms with Crippen molar-refractivity contribution < 1.29 is 14.0 Å². The lowest BCUT2D eigenvalue weighted by molar-refractivity contribution is -0.120. The fourth-order valence-corrected chi connectivity index (χ4v) is 1.38. The molecule has 0 aliphatic carbocycles. The summed E-state index contributed by atoms with van der Waals surface area (Å²) >= 11 is 3.88. The molecule has 0 fully saturated rings. The van der Waals surface area contributed by atoms with Crippen LogP contribution in [0.5, 0.6) is 0 Å². The lowest BCUT2D eigenvalue weighted by Gasteiger charge is -2.05. The van der Waals surface area contributed by atoms with Gasteiger partial charge in [-0.15, -0.1) is 12.6 Å². The number of carbonyl (C=O) groups is 2. The summed E-state index contributed by atoms with van der Waals surface area (Å²) in [5.41, 5.74) is 0.313. The van der Waals surface area contributed by atoms with Gasteiger partial charge in [-0.1, -0.05) is 0 Å².